The highest BCUT2D eigenvalue weighted by Crippen LogP contribution is 2.31. The monoisotopic (exact) mass is 579 g/mol. The van der Waals surface area contributed by atoms with Gasteiger partial charge in [0, 0.05) is 55.7 Å². The van der Waals surface area contributed by atoms with Crippen molar-refractivity contribution in [3.63, 3.8) is 0 Å². The van der Waals surface area contributed by atoms with Crippen LogP contribution < -0.4 is 14.8 Å². The van der Waals surface area contributed by atoms with Gasteiger partial charge in [-0.1, -0.05) is 6.07 Å². The Bertz CT molecular complexity index is 1610. The van der Waals surface area contributed by atoms with Crippen LogP contribution in [-0.4, -0.2) is 85.9 Å². The van der Waals surface area contributed by atoms with E-state index in [1.165, 1.54) is 19.2 Å². The average Bonchev–Trinajstić information content (AvgIpc) is 3.77. The number of nitriles is 1. The Hall–Kier alpha value is -5.02. The lowest BCUT2D eigenvalue weighted by atomic mass is 10.1. The molecular weight excluding hydrogens is 546 g/mol. The lowest BCUT2D eigenvalue weighted by molar-refractivity contribution is 0.0627. The summed E-state index contributed by atoms with van der Waals surface area (Å²) in [5, 5.41) is 16.9. The Morgan fingerprint density at radius 2 is 1.86 bits per heavy atom. The molecular formula is C31H33N9O3. The van der Waals surface area contributed by atoms with E-state index in [1.54, 1.807) is 48.7 Å². The van der Waals surface area contributed by atoms with Crippen LogP contribution in [0.4, 0.5) is 11.6 Å². The second-order valence-corrected chi connectivity index (χ2v) is 10.8. The van der Waals surface area contributed by atoms with E-state index >= 15 is 0 Å². The molecule has 1 amide bonds. The fourth-order valence-corrected chi connectivity index (χ4v) is 5.24. The standard InChI is InChI=1S/C31H33N9O3/c1-21(18-40-20-33-19-36-40)43-28-13-22(3-4-24(28)15-32)25-16-34-31(35-17-25)37-27-8-5-23(14-29(27)42-2)30(41)39-11-9-38(10-12-39)26-6-7-26/h3-5,8,13-14,16-17,19-21,26H,6-7,9-12,18H2,1-2H3,(H,34,35,37)/t21-/m0/s1. The number of benzene rings is 2. The Morgan fingerprint density at radius 1 is 1.07 bits per heavy atom. The largest absolute Gasteiger partial charge is 0.495 e. The van der Waals surface area contributed by atoms with Gasteiger partial charge in [0.25, 0.3) is 5.91 Å². The molecule has 1 saturated carbocycles. The van der Waals surface area contributed by atoms with Crippen molar-refractivity contribution < 1.29 is 14.3 Å². The molecule has 2 aromatic carbocycles. The van der Waals surface area contributed by atoms with Crippen LogP contribution >= 0.6 is 0 Å². The molecule has 1 N–H and O–H groups in total. The number of methoxy groups -OCH3 is 1. The van der Waals surface area contributed by atoms with Crippen LogP contribution in [-0.2, 0) is 6.54 Å². The van der Waals surface area contributed by atoms with Gasteiger partial charge in [-0.05, 0) is 55.7 Å². The van der Waals surface area contributed by atoms with E-state index in [1.807, 2.05) is 30.0 Å². The van der Waals surface area contributed by atoms with Crippen molar-refractivity contribution in [3.05, 3.63) is 72.6 Å². The molecule has 4 aromatic rings. The van der Waals surface area contributed by atoms with E-state index in [2.05, 4.69) is 36.3 Å². The summed E-state index contributed by atoms with van der Waals surface area (Å²) in [5.74, 6) is 1.39. The molecule has 0 unspecified atom stereocenters. The van der Waals surface area contributed by atoms with Crippen molar-refractivity contribution in [1.82, 2.24) is 34.5 Å². The van der Waals surface area contributed by atoms with Crippen molar-refractivity contribution in [1.29, 1.82) is 5.26 Å². The van der Waals surface area contributed by atoms with E-state index in [-0.39, 0.29) is 12.0 Å². The van der Waals surface area contributed by atoms with Gasteiger partial charge in [-0.15, -0.1) is 0 Å². The quantitative estimate of drug-likeness (QED) is 0.296. The fraction of sp³-hybridized carbons (Fsp3) is 0.355. The van der Waals surface area contributed by atoms with Crippen molar-refractivity contribution in [3.8, 4) is 28.7 Å². The summed E-state index contributed by atoms with van der Waals surface area (Å²) in [4.78, 5) is 30.5. The molecule has 3 heterocycles. The highest BCUT2D eigenvalue weighted by Gasteiger charge is 2.32. The smallest absolute Gasteiger partial charge is 0.254 e. The minimum Gasteiger partial charge on any atom is -0.495 e. The molecule has 0 spiro atoms. The van der Waals surface area contributed by atoms with Crippen molar-refractivity contribution in [2.24, 2.45) is 0 Å². The topological polar surface area (TPSA) is 134 Å². The van der Waals surface area contributed by atoms with Crippen molar-refractivity contribution in [2.45, 2.75) is 38.5 Å². The highest BCUT2D eigenvalue weighted by molar-refractivity contribution is 5.95. The molecule has 12 nitrogen and oxygen atoms in total. The molecule has 6 rings (SSSR count). The number of nitrogens with one attached hydrogen (secondary N) is 1. The van der Waals surface area contributed by atoms with Gasteiger partial charge in [0.1, 0.15) is 36.3 Å². The minimum atomic E-state index is -0.235. The summed E-state index contributed by atoms with van der Waals surface area (Å²) in [7, 11) is 1.57. The fourth-order valence-electron chi connectivity index (χ4n) is 5.24. The number of piperazine rings is 1. The zero-order valence-electron chi connectivity index (χ0n) is 24.2. The molecule has 2 aromatic heterocycles. The number of hydrogen-bond donors (Lipinski definition) is 1. The third kappa shape index (κ3) is 6.57. The number of rotatable bonds is 10. The molecule has 0 radical (unpaired) electrons. The van der Waals surface area contributed by atoms with Gasteiger partial charge in [0.15, 0.2) is 0 Å². The third-order valence-corrected chi connectivity index (χ3v) is 7.69. The van der Waals surface area contributed by atoms with Crippen molar-refractivity contribution in [2.75, 3.05) is 38.6 Å². The maximum atomic E-state index is 13.2. The number of amides is 1. The van der Waals surface area contributed by atoms with Crippen LogP contribution in [0.1, 0.15) is 35.7 Å². The number of anilines is 2. The van der Waals surface area contributed by atoms with Crippen LogP contribution in [0.15, 0.2) is 61.4 Å². The predicted octanol–water partition coefficient (Wildman–Crippen LogP) is 3.75. The number of carbonyl (C=O) groups excluding carboxylic acids is 1. The molecule has 1 atom stereocenters. The van der Waals surface area contributed by atoms with E-state index in [0.29, 0.717) is 40.8 Å². The summed E-state index contributed by atoms with van der Waals surface area (Å²) in [6.07, 6.45) is 8.82. The molecule has 2 fully saturated rings. The van der Waals surface area contributed by atoms with Crippen LogP contribution in [0.2, 0.25) is 0 Å². The molecule has 12 heteroatoms. The first-order valence-electron chi connectivity index (χ1n) is 14.3. The highest BCUT2D eigenvalue weighted by atomic mass is 16.5. The number of ether oxygens (including phenoxy) is 2. The molecule has 2 aliphatic rings. The minimum absolute atomic E-state index is 0.0134. The van der Waals surface area contributed by atoms with Gasteiger partial charge in [-0.2, -0.15) is 10.4 Å². The summed E-state index contributed by atoms with van der Waals surface area (Å²) in [5.41, 5.74) is 3.25. The molecule has 1 aliphatic carbocycles. The number of nitrogens with zero attached hydrogens (tertiary/aromatic N) is 8. The van der Waals surface area contributed by atoms with Crippen LogP contribution in [0.3, 0.4) is 0 Å². The second-order valence-electron chi connectivity index (χ2n) is 10.8. The SMILES string of the molecule is COc1cc(C(=O)N2CCN(C3CC3)CC2)ccc1Nc1ncc(-c2ccc(C#N)c(O[C@@H](C)Cn3cncn3)c2)cn1. The predicted molar refractivity (Wildman–Crippen MR) is 159 cm³/mol. The normalized spacial score (nSPS) is 15.9. The Kier molecular flexibility index (Phi) is 8.15. The first-order valence-corrected chi connectivity index (χ1v) is 14.3. The number of carbonyl (C=O) groups is 1. The van der Waals surface area contributed by atoms with Gasteiger partial charge in [0.05, 0.1) is 24.9 Å². The first kappa shape index (κ1) is 28.1. The van der Waals surface area contributed by atoms with Crippen LogP contribution in [0, 0.1) is 11.3 Å². The molecule has 220 valence electrons. The lowest BCUT2D eigenvalue weighted by Crippen LogP contribution is -2.49. The summed E-state index contributed by atoms with van der Waals surface area (Å²) < 4.78 is 13.4. The Balaban J connectivity index is 1.11. The maximum Gasteiger partial charge on any atom is 0.254 e. The van der Waals surface area contributed by atoms with Gasteiger partial charge in [-0.25, -0.2) is 19.6 Å². The van der Waals surface area contributed by atoms with Gasteiger partial charge >= 0.3 is 0 Å². The lowest BCUT2D eigenvalue weighted by Gasteiger charge is -2.35. The van der Waals surface area contributed by atoms with Crippen LogP contribution in [0.25, 0.3) is 11.1 Å². The second kappa shape index (κ2) is 12.5. The maximum absolute atomic E-state index is 13.2. The van der Waals surface area contributed by atoms with E-state index < -0.39 is 0 Å². The zero-order chi connectivity index (χ0) is 29.8. The summed E-state index contributed by atoms with van der Waals surface area (Å²) in [6.45, 7) is 5.75. The van der Waals surface area contributed by atoms with Gasteiger partial charge in [-0.3, -0.25) is 9.69 Å². The van der Waals surface area contributed by atoms with E-state index in [9.17, 15) is 10.1 Å². The molecule has 1 aliphatic heterocycles. The molecule has 0 bridgehead atoms. The number of aromatic nitrogens is 5. The van der Waals surface area contributed by atoms with Gasteiger partial charge < -0.3 is 19.7 Å². The average molecular weight is 580 g/mol. The van der Waals surface area contributed by atoms with Crippen LogP contribution in [0.5, 0.6) is 11.5 Å². The summed E-state index contributed by atoms with van der Waals surface area (Å²) in [6, 6.07) is 13.7. The number of hydrogen-bond acceptors (Lipinski definition) is 10. The van der Waals surface area contributed by atoms with E-state index in [0.717, 1.165) is 43.3 Å². The summed E-state index contributed by atoms with van der Waals surface area (Å²) >= 11 is 0. The molecule has 1 saturated heterocycles. The van der Waals surface area contributed by atoms with E-state index in [4.69, 9.17) is 9.47 Å². The van der Waals surface area contributed by atoms with Gasteiger partial charge in [0.2, 0.25) is 5.95 Å². The Labute approximate surface area is 249 Å². The third-order valence-electron chi connectivity index (χ3n) is 7.69. The molecule has 43 heavy (non-hydrogen) atoms. The zero-order valence-corrected chi connectivity index (χ0v) is 24.2. The van der Waals surface area contributed by atoms with Crippen molar-refractivity contribution >= 4 is 17.5 Å². The Morgan fingerprint density at radius 3 is 2.53 bits per heavy atom. The first-order chi connectivity index (χ1) is 21.0.